The van der Waals surface area contributed by atoms with E-state index in [1.807, 2.05) is 23.3 Å². The van der Waals surface area contributed by atoms with Crippen molar-refractivity contribution in [1.29, 1.82) is 0 Å². The van der Waals surface area contributed by atoms with Crippen LogP contribution in [0.1, 0.15) is 30.8 Å². The minimum absolute atomic E-state index is 0.0510. The van der Waals surface area contributed by atoms with Crippen molar-refractivity contribution in [3.8, 4) is 0 Å². The Labute approximate surface area is 112 Å². The second-order valence-electron chi connectivity index (χ2n) is 4.54. The largest absolute Gasteiger partial charge is 0.385 e. The summed E-state index contributed by atoms with van der Waals surface area (Å²) in [5.41, 5.74) is 0. The highest BCUT2D eigenvalue weighted by Gasteiger charge is 2.36. The summed E-state index contributed by atoms with van der Waals surface area (Å²) in [7, 11) is 1.71. The summed E-state index contributed by atoms with van der Waals surface area (Å²) in [6.07, 6.45) is 2.02. The highest BCUT2D eigenvalue weighted by molar-refractivity contribution is 7.10. The van der Waals surface area contributed by atoms with Gasteiger partial charge in [-0.1, -0.05) is 6.07 Å². The van der Waals surface area contributed by atoms with Crippen LogP contribution in [0.3, 0.4) is 0 Å². The van der Waals surface area contributed by atoms with Crippen LogP contribution in [-0.2, 0) is 9.53 Å². The summed E-state index contributed by atoms with van der Waals surface area (Å²) in [4.78, 5) is 15.3. The number of carbonyl (C=O) groups is 1. The van der Waals surface area contributed by atoms with Crippen molar-refractivity contribution in [2.75, 3.05) is 20.3 Å². The molecule has 1 aromatic heterocycles. The van der Waals surface area contributed by atoms with Crippen molar-refractivity contribution in [2.45, 2.75) is 32.0 Å². The van der Waals surface area contributed by atoms with Gasteiger partial charge in [0.1, 0.15) is 6.17 Å². The number of nitrogens with zero attached hydrogens (tertiary/aromatic N) is 1. The van der Waals surface area contributed by atoms with Crippen molar-refractivity contribution in [3.63, 3.8) is 0 Å². The lowest BCUT2D eigenvalue weighted by Crippen LogP contribution is -2.31. The number of hydrogen-bond acceptors (Lipinski definition) is 4. The minimum atomic E-state index is -0.0838. The maximum Gasteiger partial charge on any atom is 0.241 e. The number of ether oxygens (including phenoxy) is 1. The Morgan fingerprint density at radius 2 is 2.33 bits per heavy atom. The van der Waals surface area contributed by atoms with Gasteiger partial charge in [-0.2, -0.15) is 0 Å². The summed E-state index contributed by atoms with van der Waals surface area (Å²) in [6, 6.07) is 4.02. The van der Waals surface area contributed by atoms with Gasteiger partial charge >= 0.3 is 0 Å². The number of thiophene rings is 1. The molecule has 0 aliphatic carbocycles. The molecule has 1 N–H and O–H groups in total. The lowest BCUT2D eigenvalue weighted by molar-refractivity contribution is -0.129. The van der Waals surface area contributed by atoms with E-state index in [4.69, 9.17) is 4.74 Å². The van der Waals surface area contributed by atoms with Crippen molar-refractivity contribution < 1.29 is 9.53 Å². The van der Waals surface area contributed by atoms with Gasteiger partial charge in [-0.3, -0.25) is 10.1 Å². The standard InChI is InChI=1S/C13H20N2O2S/c1-10-13(16)15(7-3-4-8-17-2)12(14-10)11-6-5-9-18-11/h5-6,9-10,12,14H,3-4,7-8H2,1-2H3. The van der Waals surface area contributed by atoms with Gasteiger partial charge in [0.25, 0.3) is 0 Å². The summed E-state index contributed by atoms with van der Waals surface area (Å²) in [6.45, 7) is 3.48. The fourth-order valence-electron chi connectivity index (χ4n) is 2.22. The maximum absolute atomic E-state index is 12.1. The van der Waals surface area contributed by atoms with Crippen LogP contribution in [0.15, 0.2) is 17.5 Å². The molecule has 1 aromatic rings. The van der Waals surface area contributed by atoms with Gasteiger partial charge in [-0.25, -0.2) is 0 Å². The van der Waals surface area contributed by atoms with Crippen LogP contribution in [0.4, 0.5) is 0 Å². The average molecular weight is 268 g/mol. The normalized spacial score (nSPS) is 23.9. The molecule has 5 heteroatoms. The van der Waals surface area contributed by atoms with Crippen LogP contribution in [-0.4, -0.2) is 37.1 Å². The quantitative estimate of drug-likeness (QED) is 0.802. The molecule has 0 bridgehead atoms. The number of methoxy groups -OCH3 is 1. The molecular weight excluding hydrogens is 248 g/mol. The van der Waals surface area contributed by atoms with Crippen LogP contribution in [0, 0.1) is 0 Å². The second-order valence-corrected chi connectivity index (χ2v) is 5.52. The Morgan fingerprint density at radius 1 is 1.50 bits per heavy atom. The molecule has 18 heavy (non-hydrogen) atoms. The number of hydrogen-bond donors (Lipinski definition) is 1. The third-order valence-electron chi connectivity index (χ3n) is 3.18. The van der Waals surface area contributed by atoms with E-state index < -0.39 is 0 Å². The first-order valence-corrected chi connectivity index (χ1v) is 7.21. The van der Waals surface area contributed by atoms with Gasteiger partial charge in [0.15, 0.2) is 0 Å². The predicted molar refractivity (Wildman–Crippen MR) is 72.5 cm³/mol. The number of rotatable bonds is 6. The van der Waals surface area contributed by atoms with Crippen LogP contribution < -0.4 is 5.32 Å². The number of carbonyl (C=O) groups excluding carboxylic acids is 1. The Bertz CT molecular complexity index is 380. The van der Waals surface area contributed by atoms with Gasteiger partial charge in [-0.15, -0.1) is 11.3 Å². The van der Waals surface area contributed by atoms with Crippen LogP contribution in [0.5, 0.6) is 0 Å². The first-order chi connectivity index (χ1) is 8.74. The van der Waals surface area contributed by atoms with Gasteiger partial charge in [-0.05, 0) is 31.2 Å². The highest BCUT2D eigenvalue weighted by Crippen LogP contribution is 2.28. The van der Waals surface area contributed by atoms with E-state index >= 15 is 0 Å². The molecule has 1 aliphatic rings. The van der Waals surface area contributed by atoms with E-state index in [0.717, 1.165) is 26.0 Å². The van der Waals surface area contributed by atoms with E-state index in [2.05, 4.69) is 11.4 Å². The maximum atomic E-state index is 12.1. The Hall–Kier alpha value is -0.910. The van der Waals surface area contributed by atoms with Crippen LogP contribution in [0.25, 0.3) is 0 Å². The monoisotopic (exact) mass is 268 g/mol. The molecule has 4 nitrogen and oxygen atoms in total. The topological polar surface area (TPSA) is 41.6 Å². The third-order valence-corrected chi connectivity index (χ3v) is 4.11. The Kier molecular flexibility index (Phi) is 4.74. The molecule has 2 rings (SSSR count). The molecule has 0 spiro atoms. The second kappa shape index (κ2) is 6.31. The first kappa shape index (κ1) is 13.5. The van der Waals surface area contributed by atoms with Crippen LogP contribution in [0.2, 0.25) is 0 Å². The van der Waals surface area contributed by atoms with E-state index in [-0.39, 0.29) is 18.1 Å². The number of unbranched alkanes of at least 4 members (excludes halogenated alkanes) is 1. The smallest absolute Gasteiger partial charge is 0.241 e. The Morgan fingerprint density at radius 3 is 3.00 bits per heavy atom. The SMILES string of the molecule is COCCCCN1C(=O)C(C)NC1c1cccs1. The molecule has 2 atom stereocenters. The fourth-order valence-corrected chi connectivity index (χ4v) is 3.02. The van der Waals surface area contributed by atoms with Crippen LogP contribution >= 0.6 is 11.3 Å². The highest BCUT2D eigenvalue weighted by atomic mass is 32.1. The average Bonchev–Trinajstić information content (AvgIpc) is 2.97. The Balaban J connectivity index is 1.97. The molecule has 1 aliphatic heterocycles. The third kappa shape index (κ3) is 2.91. The lowest BCUT2D eigenvalue weighted by atomic mass is 10.2. The zero-order valence-electron chi connectivity index (χ0n) is 10.9. The molecule has 2 unspecified atom stereocenters. The fraction of sp³-hybridized carbons (Fsp3) is 0.615. The summed E-state index contributed by atoms with van der Waals surface area (Å²) in [5, 5.41) is 5.40. The van der Waals surface area contributed by atoms with Crippen molar-refractivity contribution in [2.24, 2.45) is 0 Å². The van der Waals surface area contributed by atoms with Gasteiger partial charge in [0, 0.05) is 25.1 Å². The molecule has 2 heterocycles. The van der Waals surface area contributed by atoms with Crippen molar-refractivity contribution in [1.82, 2.24) is 10.2 Å². The predicted octanol–water partition coefficient (Wildman–Crippen LogP) is 1.99. The van der Waals surface area contributed by atoms with E-state index in [9.17, 15) is 4.79 Å². The summed E-state index contributed by atoms with van der Waals surface area (Å²) in [5.74, 6) is 0.200. The molecule has 0 aromatic carbocycles. The zero-order valence-corrected chi connectivity index (χ0v) is 11.7. The van der Waals surface area contributed by atoms with Gasteiger partial charge in [0.2, 0.25) is 5.91 Å². The molecule has 1 amide bonds. The summed E-state index contributed by atoms with van der Waals surface area (Å²) >= 11 is 1.69. The number of amides is 1. The zero-order chi connectivity index (χ0) is 13.0. The molecular formula is C13H20N2O2S. The van der Waals surface area contributed by atoms with Crippen molar-refractivity contribution >= 4 is 17.2 Å². The van der Waals surface area contributed by atoms with E-state index in [1.54, 1.807) is 18.4 Å². The molecule has 100 valence electrons. The number of nitrogens with one attached hydrogen (secondary N) is 1. The lowest BCUT2D eigenvalue weighted by Gasteiger charge is -2.23. The molecule has 0 radical (unpaired) electrons. The minimum Gasteiger partial charge on any atom is -0.385 e. The van der Waals surface area contributed by atoms with Gasteiger partial charge in [0.05, 0.1) is 6.04 Å². The first-order valence-electron chi connectivity index (χ1n) is 6.33. The van der Waals surface area contributed by atoms with Gasteiger partial charge < -0.3 is 9.64 Å². The van der Waals surface area contributed by atoms with Crippen molar-refractivity contribution in [3.05, 3.63) is 22.4 Å². The van der Waals surface area contributed by atoms with E-state index in [1.165, 1.54) is 4.88 Å². The molecule has 1 fully saturated rings. The van der Waals surface area contributed by atoms with E-state index in [0.29, 0.717) is 0 Å². The summed E-state index contributed by atoms with van der Waals surface area (Å²) < 4.78 is 5.04. The molecule has 1 saturated heterocycles. The molecule has 0 saturated carbocycles.